The molecule has 1 aromatic heterocycles. The first-order valence-corrected chi connectivity index (χ1v) is 4.48. The molecule has 1 aromatic rings. The lowest BCUT2D eigenvalue weighted by Crippen LogP contribution is -2.22. The van der Waals surface area contributed by atoms with Crippen LogP contribution in [0.3, 0.4) is 0 Å². The van der Waals surface area contributed by atoms with Crippen LogP contribution >= 0.6 is 11.6 Å². The van der Waals surface area contributed by atoms with Crippen LogP contribution in [0.25, 0.3) is 0 Å². The Balaban J connectivity index is 2.66. The number of hydrogen-bond acceptors (Lipinski definition) is 4. The third kappa shape index (κ3) is 3.57. The van der Waals surface area contributed by atoms with Crippen molar-refractivity contribution in [3.63, 3.8) is 0 Å². The van der Waals surface area contributed by atoms with Gasteiger partial charge >= 0.3 is 0 Å². The number of nitrogens with one attached hydrogen (secondary N) is 1. The minimum absolute atomic E-state index is 0.216. The van der Waals surface area contributed by atoms with Crippen molar-refractivity contribution in [3.8, 4) is 0 Å². The minimum atomic E-state index is 0.216. The molecule has 0 fully saturated rings. The van der Waals surface area contributed by atoms with Crippen LogP contribution in [0.4, 0.5) is 5.95 Å². The van der Waals surface area contributed by atoms with Crippen LogP contribution in [0.15, 0.2) is 6.07 Å². The van der Waals surface area contributed by atoms with E-state index >= 15 is 0 Å². The summed E-state index contributed by atoms with van der Waals surface area (Å²) in [4.78, 5) is 7.79. The molecule has 0 aliphatic heterocycles. The van der Waals surface area contributed by atoms with E-state index in [4.69, 9.17) is 17.3 Å². The lowest BCUT2D eigenvalue weighted by Gasteiger charge is -2.07. The van der Waals surface area contributed by atoms with Gasteiger partial charge in [0.15, 0.2) is 0 Å². The Kier molecular flexibility index (Phi) is 3.45. The van der Waals surface area contributed by atoms with Gasteiger partial charge in [0.25, 0.3) is 0 Å². The van der Waals surface area contributed by atoms with Crippen LogP contribution in [-0.4, -0.2) is 16.0 Å². The second-order valence-corrected chi connectivity index (χ2v) is 3.46. The number of nitrogens with two attached hydrogens (primary N) is 1. The summed E-state index contributed by atoms with van der Waals surface area (Å²) >= 11 is 5.71. The topological polar surface area (TPSA) is 63.8 Å². The van der Waals surface area contributed by atoms with Crippen LogP contribution < -0.4 is 11.1 Å². The average molecular weight is 201 g/mol. The maximum atomic E-state index is 5.71. The summed E-state index contributed by atoms with van der Waals surface area (Å²) in [6.07, 6.45) is 0. The van der Waals surface area contributed by atoms with Crippen LogP contribution in [-0.2, 0) is 6.54 Å². The van der Waals surface area contributed by atoms with Crippen molar-refractivity contribution in [3.05, 3.63) is 16.9 Å². The van der Waals surface area contributed by atoms with E-state index in [1.165, 1.54) is 0 Å². The van der Waals surface area contributed by atoms with E-state index in [1.54, 1.807) is 6.07 Å². The first kappa shape index (κ1) is 10.2. The number of halogens is 1. The van der Waals surface area contributed by atoms with Crippen molar-refractivity contribution in [1.29, 1.82) is 0 Å². The summed E-state index contributed by atoms with van der Waals surface area (Å²) in [5, 5.41) is 3.59. The molecule has 1 heterocycles. The van der Waals surface area contributed by atoms with E-state index in [1.807, 2.05) is 0 Å². The molecule has 3 N–H and O–H groups in total. The average Bonchev–Trinajstić information content (AvgIpc) is 1.99. The van der Waals surface area contributed by atoms with E-state index in [-0.39, 0.29) is 5.95 Å². The van der Waals surface area contributed by atoms with Crippen LogP contribution in [0, 0.1) is 0 Å². The van der Waals surface area contributed by atoms with E-state index in [0.29, 0.717) is 17.7 Å². The fourth-order valence-corrected chi connectivity index (χ4v) is 1.10. The highest BCUT2D eigenvalue weighted by molar-refractivity contribution is 6.29. The summed E-state index contributed by atoms with van der Waals surface area (Å²) in [5.74, 6) is 0.216. The zero-order valence-electron chi connectivity index (χ0n) is 7.71. The van der Waals surface area contributed by atoms with Crippen LogP contribution in [0.1, 0.15) is 19.5 Å². The van der Waals surface area contributed by atoms with E-state index in [0.717, 1.165) is 5.69 Å². The Morgan fingerprint density at radius 3 is 2.77 bits per heavy atom. The molecule has 0 radical (unpaired) electrons. The van der Waals surface area contributed by atoms with Gasteiger partial charge in [0.2, 0.25) is 5.95 Å². The zero-order chi connectivity index (χ0) is 9.84. The fraction of sp³-hybridized carbons (Fsp3) is 0.500. The second kappa shape index (κ2) is 4.39. The molecule has 13 heavy (non-hydrogen) atoms. The van der Waals surface area contributed by atoms with Crippen molar-refractivity contribution in [2.24, 2.45) is 0 Å². The summed E-state index contributed by atoms with van der Waals surface area (Å²) in [7, 11) is 0. The quantitative estimate of drug-likeness (QED) is 0.720. The molecule has 0 aromatic carbocycles. The standard InChI is InChI=1S/C8H13ClN4/c1-5(2)11-4-6-3-7(9)13-8(10)12-6/h3,5,11H,4H2,1-2H3,(H2,10,12,13). The largest absolute Gasteiger partial charge is 0.368 e. The molecule has 0 spiro atoms. The summed E-state index contributed by atoms with van der Waals surface area (Å²) in [6, 6.07) is 2.11. The van der Waals surface area contributed by atoms with Gasteiger partial charge in [-0.3, -0.25) is 0 Å². The summed E-state index contributed by atoms with van der Waals surface area (Å²) in [5.41, 5.74) is 6.24. The van der Waals surface area contributed by atoms with E-state index < -0.39 is 0 Å². The number of nitrogens with zero attached hydrogens (tertiary/aromatic N) is 2. The van der Waals surface area contributed by atoms with Crippen LogP contribution in [0.2, 0.25) is 5.15 Å². The molecule has 0 unspecified atom stereocenters. The summed E-state index contributed by atoms with van der Waals surface area (Å²) < 4.78 is 0. The molecule has 0 saturated carbocycles. The number of hydrogen-bond donors (Lipinski definition) is 2. The van der Waals surface area contributed by atoms with E-state index in [9.17, 15) is 0 Å². The van der Waals surface area contributed by atoms with Crippen molar-refractivity contribution in [1.82, 2.24) is 15.3 Å². The van der Waals surface area contributed by atoms with Gasteiger partial charge in [0.1, 0.15) is 5.15 Å². The molecule has 0 aliphatic carbocycles. The van der Waals surface area contributed by atoms with Gasteiger partial charge in [-0.1, -0.05) is 25.4 Å². The maximum absolute atomic E-state index is 5.71. The fourth-order valence-electron chi connectivity index (χ4n) is 0.883. The van der Waals surface area contributed by atoms with Gasteiger partial charge in [-0.15, -0.1) is 0 Å². The van der Waals surface area contributed by atoms with Crippen molar-refractivity contribution in [2.45, 2.75) is 26.4 Å². The molecule has 72 valence electrons. The molecule has 0 saturated heterocycles. The van der Waals surface area contributed by atoms with Gasteiger partial charge in [0.05, 0.1) is 5.69 Å². The second-order valence-electron chi connectivity index (χ2n) is 3.08. The monoisotopic (exact) mass is 200 g/mol. The molecular formula is C8H13ClN4. The molecule has 0 atom stereocenters. The van der Waals surface area contributed by atoms with Crippen molar-refractivity contribution < 1.29 is 0 Å². The van der Waals surface area contributed by atoms with Gasteiger partial charge in [-0.05, 0) is 6.07 Å². The molecular weight excluding hydrogens is 188 g/mol. The van der Waals surface area contributed by atoms with Gasteiger partial charge in [-0.25, -0.2) is 9.97 Å². The number of anilines is 1. The maximum Gasteiger partial charge on any atom is 0.221 e. The number of aromatic nitrogens is 2. The lowest BCUT2D eigenvalue weighted by molar-refractivity contribution is 0.581. The minimum Gasteiger partial charge on any atom is -0.368 e. The van der Waals surface area contributed by atoms with Crippen molar-refractivity contribution >= 4 is 17.5 Å². The SMILES string of the molecule is CC(C)NCc1cc(Cl)nc(N)n1. The third-order valence-electron chi connectivity index (χ3n) is 1.46. The Morgan fingerprint density at radius 1 is 1.54 bits per heavy atom. The number of nitrogen functional groups attached to an aromatic ring is 1. The molecule has 0 bridgehead atoms. The normalized spacial score (nSPS) is 10.8. The number of rotatable bonds is 3. The Morgan fingerprint density at radius 2 is 2.23 bits per heavy atom. The highest BCUT2D eigenvalue weighted by Crippen LogP contribution is 2.07. The first-order valence-electron chi connectivity index (χ1n) is 4.10. The third-order valence-corrected chi connectivity index (χ3v) is 1.65. The molecule has 1 rings (SSSR count). The highest BCUT2D eigenvalue weighted by Gasteiger charge is 2.00. The Bertz CT molecular complexity index is 267. The van der Waals surface area contributed by atoms with Gasteiger partial charge < -0.3 is 11.1 Å². The predicted molar refractivity (Wildman–Crippen MR) is 53.4 cm³/mol. The van der Waals surface area contributed by atoms with E-state index in [2.05, 4.69) is 29.1 Å². The lowest BCUT2D eigenvalue weighted by atomic mass is 10.3. The Labute approximate surface area is 82.5 Å². The highest BCUT2D eigenvalue weighted by atomic mass is 35.5. The zero-order valence-corrected chi connectivity index (χ0v) is 8.47. The smallest absolute Gasteiger partial charge is 0.221 e. The predicted octanol–water partition coefficient (Wildman–Crippen LogP) is 1.21. The molecule has 5 heteroatoms. The molecule has 0 aliphatic rings. The molecule has 0 amide bonds. The van der Waals surface area contributed by atoms with Gasteiger partial charge in [-0.2, -0.15) is 0 Å². The van der Waals surface area contributed by atoms with Crippen molar-refractivity contribution in [2.75, 3.05) is 5.73 Å². The Hall–Kier alpha value is -0.870. The summed E-state index contributed by atoms with van der Waals surface area (Å²) in [6.45, 7) is 4.78. The van der Waals surface area contributed by atoms with Crippen LogP contribution in [0.5, 0.6) is 0 Å². The first-order chi connectivity index (χ1) is 6.08. The molecule has 4 nitrogen and oxygen atoms in total. The van der Waals surface area contributed by atoms with Gasteiger partial charge in [0, 0.05) is 12.6 Å².